The molecule has 25 heavy (non-hydrogen) atoms. The van der Waals surface area contributed by atoms with Crippen molar-refractivity contribution in [2.45, 2.75) is 32.1 Å². The number of nitrogens with one attached hydrogen (secondary N) is 1. The van der Waals surface area contributed by atoms with E-state index in [1.54, 1.807) is 16.0 Å². The smallest absolute Gasteiger partial charge is 0.274 e. The first kappa shape index (κ1) is 17.4. The van der Waals surface area contributed by atoms with Crippen LogP contribution in [0.25, 0.3) is 0 Å². The topological polar surface area (TPSA) is 78.4 Å². The zero-order chi connectivity index (χ0) is 17.5. The van der Waals surface area contributed by atoms with Gasteiger partial charge < -0.3 is 15.1 Å². The molecule has 1 aliphatic carbocycles. The van der Waals surface area contributed by atoms with Crippen LogP contribution in [0.15, 0.2) is 24.0 Å². The third-order valence-electron chi connectivity index (χ3n) is 4.76. The maximum Gasteiger partial charge on any atom is 0.274 e. The summed E-state index contributed by atoms with van der Waals surface area (Å²) in [7, 11) is 0. The van der Waals surface area contributed by atoms with E-state index in [4.69, 9.17) is 0 Å². The summed E-state index contributed by atoms with van der Waals surface area (Å²) in [6.45, 7) is 3.04. The van der Waals surface area contributed by atoms with Crippen molar-refractivity contribution in [2.75, 3.05) is 38.0 Å². The summed E-state index contributed by atoms with van der Waals surface area (Å²) in [5.74, 6) is 0.565. The number of piperazine rings is 1. The number of carbonyl (C=O) groups is 2. The average Bonchev–Trinajstić information content (AvgIpc) is 2.69. The van der Waals surface area contributed by atoms with E-state index < -0.39 is 0 Å². The maximum atomic E-state index is 12.4. The van der Waals surface area contributed by atoms with Gasteiger partial charge in [-0.2, -0.15) is 0 Å². The second kappa shape index (κ2) is 8.60. The van der Waals surface area contributed by atoms with Gasteiger partial charge in [-0.05, 0) is 32.1 Å². The van der Waals surface area contributed by atoms with E-state index in [0.717, 1.165) is 19.4 Å². The molecule has 1 aromatic rings. The normalized spacial score (nSPS) is 17.8. The number of rotatable bonds is 6. The van der Waals surface area contributed by atoms with Crippen LogP contribution in [0.5, 0.6) is 0 Å². The van der Waals surface area contributed by atoms with Crippen LogP contribution in [0.3, 0.4) is 0 Å². The number of allylic oxidation sites excluding steroid dienone is 1. The van der Waals surface area contributed by atoms with Crippen LogP contribution in [-0.2, 0) is 4.79 Å². The Kier molecular flexibility index (Phi) is 5.98. The Morgan fingerprint density at radius 1 is 1.16 bits per heavy atom. The summed E-state index contributed by atoms with van der Waals surface area (Å²) in [5, 5.41) is 3.27. The lowest BCUT2D eigenvalue weighted by molar-refractivity contribution is -0.119. The molecule has 134 valence electrons. The highest BCUT2D eigenvalue weighted by Gasteiger charge is 2.22. The van der Waals surface area contributed by atoms with Gasteiger partial charge in [0, 0.05) is 32.7 Å². The average molecular weight is 343 g/mol. The number of amides is 2. The van der Waals surface area contributed by atoms with Gasteiger partial charge in [-0.25, -0.2) is 9.97 Å². The van der Waals surface area contributed by atoms with Gasteiger partial charge in [-0.1, -0.05) is 11.6 Å². The van der Waals surface area contributed by atoms with Crippen molar-refractivity contribution in [1.29, 1.82) is 0 Å². The predicted octanol–water partition coefficient (Wildman–Crippen LogP) is 1.69. The molecular formula is C18H25N5O2. The number of anilines is 1. The number of hydrogen-bond acceptors (Lipinski definition) is 5. The van der Waals surface area contributed by atoms with Crippen molar-refractivity contribution in [3.63, 3.8) is 0 Å². The Labute approximate surface area is 148 Å². The summed E-state index contributed by atoms with van der Waals surface area (Å²) >= 11 is 0. The quantitative estimate of drug-likeness (QED) is 0.628. The molecule has 2 heterocycles. The van der Waals surface area contributed by atoms with E-state index in [1.807, 2.05) is 0 Å². The molecule has 1 saturated heterocycles. The van der Waals surface area contributed by atoms with Crippen LogP contribution in [0.4, 0.5) is 5.82 Å². The Bertz CT molecular complexity index is 621. The minimum Gasteiger partial charge on any atom is -0.368 e. The third kappa shape index (κ3) is 4.78. The lowest BCUT2D eigenvalue weighted by atomic mass is 9.97. The van der Waals surface area contributed by atoms with Gasteiger partial charge in [-0.3, -0.25) is 9.59 Å². The van der Waals surface area contributed by atoms with Crippen LogP contribution in [0.1, 0.15) is 42.6 Å². The zero-order valence-electron chi connectivity index (χ0n) is 14.5. The molecule has 2 amide bonds. The lowest BCUT2D eigenvalue weighted by Crippen LogP contribution is -2.48. The number of hydrogen-bond donors (Lipinski definition) is 1. The van der Waals surface area contributed by atoms with E-state index >= 15 is 0 Å². The summed E-state index contributed by atoms with van der Waals surface area (Å²) in [6.07, 6.45) is 12.4. The van der Waals surface area contributed by atoms with Gasteiger partial charge in [0.15, 0.2) is 0 Å². The standard InChI is InChI=1S/C18H25N5O2/c24-14-22-8-10-23(11-9-22)18(25)16-12-21-17(13-20-16)19-7-6-15-4-2-1-3-5-15/h4,12-14H,1-3,5-11H2,(H,19,21). The van der Waals surface area contributed by atoms with Gasteiger partial charge in [-0.15, -0.1) is 0 Å². The van der Waals surface area contributed by atoms with Crippen molar-refractivity contribution in [3.05, 3.63) is 29.7 Å². The van der Waals surface area contributed by atoms with Gasteiger partial charge in [0.05, 0.1) is 12.4 Å². The van der Waals surface area contributed by atoms with Crippen molar-refractivity contribution >= 4 is 18.1 Å². The Morgan fingerprint density at radius 2 is 2.00 bits per heavy atom. The molecule has 0 aromatic carbocycles. The van der Waals surface area contributed by atoms with E-state index in [9.17, 15) is 9.59 Å². The number of carbonyl (C=O) groups excluding carboxylic acids is 2. The molecule has 2 aliphatic rings. The highest BCUT2D eigenvalue weighted by molar-refractivity contribution is 5.92. The van der Waals surface area contributed by atoms with E-state index in [-0.39, 0.29) is 5.91 Å². The Morgan fingerprint density at radius 3 is 2.64 bits per heavy atom. The Balaban J connectivity index is 1.47. The van der Waals surface area contributed by atoms with Crippen LogP contribution < -0.4 is 5.32 Å². The molecule has 0 radical (unpaired) electrons. The molecule has 7 nitrogen and oxygen atoms in total. The van der Waals surface area contributed by atoms with E-state index in [2.05, 4.69) is 21.4 Å². The first-order chi connectivity index (χ1) is 12.3. The molecule has 0 unspecified atom stereocenters. The van der Waals surface area contributed by atoms with Crippen molar-refractivity contribution in [3.8, 4) is 0 Å². The van der Waals surface area contributed by atoms with Gasteiger partial charge >= 0.3 is 0 Å². The van der Waals surface area contributed by atoms with Gasteiger partial charge in [0.25, 0.3) is 5.91 Å². The highest BCUT2D eigenvalue weighted by atomic mass is 16.2. The summed E-state index contributed by atoms with van der Waals surface area (Å²) < 4.78 is 0. The molecule has 0 atom stereocenters. The Hall–Kier alpha value is -2.44. The minimum atomic E-state index is -0.128. The van der Waals surface area contributed by atoms with Crippen LogP contribution >= 0.6 is 0 Å². The molecule has 0 spiro atoms. The fraction of sp³-hybridized carbons (Fsp3) is 0.556. The molecule has 0 saturated carbocycles. The molecule has 1 N–H and O–H groups in total. The van der Waals surface area contributed by atoms with Crippen LogP contribution in [-0.4, -0.2) is 64.8 Å². The third-order valence-corrected chi connectivity index (χ3v) is 4.76. The molecule has 1 fully saturated rings. The zero-order valence-corrected chi connectivity index (χ0v) is 14.5. The molecular weight excluding hydrogens is 318 g/mol. The molecule has 1 aromatic heterocycles. The second-order valence-corrected chi connectivity index (χ2v) is 6.51. The number of nitrogens with zero attached hydrogens (tertiary/aromatic N) is 4. The van der Waals surface area contributed by atoms with Crippen molar-refractivity contribution in [1.82, 2.24) is 19.8 Å². The van der Waals surface area contributed by atoms with E-state index in [0.29, 0.717) is 37.7 Å². The largest absolute Gasteiger partial charge is 0.368 e. The number of aromatic nitrogens is 2. The fourth-order valence-corrected chi connectivity index (χ4v) is 3.21. The maximum absolute atomic E-state index is 12.4. The lowest BCUT2D eigenvalue weighted by Gasteiger charge is -2.32. The second-order valence-electron chi connectivity index (χ2n) is 6.51. The first-order valence-corrected chi connectivity index (χ1v) is 8.99. The molecule has 7 heteroatoms. The SMILES string of the molecule is O=CN1CCN(C(=O)c2cnc(NCCC3=CCCCC3)cn2)CC1. The summed E-state index contributed by atoms with van der Waals surface area (Å²) in [4.78, 5) is 35.1. The highest BCUT2D eigenvalue weighted by Crippen LogP contribution is 2.19. The molecule has 3 rings (SSSR count). The molecule has 1 aliphatic heterocycles. The van der Waals surface area contributed by atoms with E-state index in [1.165, 1.54) is 37.5 Å². The van der Waals surface area contributed by atoms with Crippen LogP contribution in [0, 0.1) is 0 Å². The van der Waals surface area contributed by atoms with Crippen molar-refractivity contribution in [2.24, 2.45) is 0 Å². The monoisotopic (exact) mass is 343 g/mol. The fourth-order valence-electron chi connectivity index (χ4n) is 3.21. The molecule has 0 bridgehead atoms. The first-order valence-electron chi connectivity index (χ1n) is 8.99. The minimum absolute atomic E-state index is 0.128. The van der Waals surface area contributed by atoms with Crippen molar-refractivity contribution < 1.29 is 9.59 Å². The van der Waals surface area contributed by atoms with Gasteiger partial charge in [0.1, 0.15) is 11.5 Å². The summed E-state index contributed by atoms with van der Waals surface area (Å²) in [6, 6.07) is 0. The van der Waals surface area contributed by atoms with Crippen LogP contribution in [0.2, 0.25) is 0 Å². The summed E-state index contributed by atoms with van der Waals surface area (Å²) in [5.41, 5.74) is 1.87. The van der Waals surface area contributed by atoms with Gasteiger partial charge in [0.2, 0.25) is 6.41 Å². The predicted molar refractivity (Wildman–Crippen MR) is 95.2 cm³/mol.